The number of rotatable bonds is 5. The zero-order valence-electron chi connectivity index (χ0n) is 10.8. The molecule has 2 N–H and O–H groups in total. The molecule has 0 aliphatic carbocycles. The van der Waals surface area contributed by atoms with Crippen molar-refractivity contribution in [3.05, 3.63) is 36.2 Å². The number of aliphatic hydroxyl groups excluding tert-OH is 1. The predicted molar refractivity (Wildman–Crippen MR) is 72.8 cm³/mol. The van der Waals surface area contributed by atoms with Crippen LogP contribution in [-0.2, 0) is 0 Å². The molecule has 2 aromatic rings. The molecule has 1 aromatic heterocycles. The summed E-state index contributed by atoms with van der Waals surface area (Å²) in [4.78, 5) is 20.2. The van der Waals surface area contributed by atoms with Gasteiger partial charge in [0, 0.05) is 24.5 Å². The fourth-order valence-corrected chi connectivity index (χ4v) is 1.85. The van der Waals surface area contributed by atoms with Crippen LogP contribution in [0.25, 0.3) is 11.0 Å². The van der Waals surface area contributed by atoms with Crippen LogP contribution >= 0.6 is 0 Å². The minimum atomic E-state index is -0.491. The number of nitrogens with one attached hydrogen (secondary N) is 1. The molecular weight excluding hydrogens is 242 g/mol. The van der Waals surface area contributed by atoms with Gasteiger partial charge in [0.15, 0.2) is 0 Å². The second-order valence-corrected chi connectivity index (χ2v) is 4.41. The summed E-state index contributed by atoms with van der Waals surface area (Å²) in [6, 6.07) is 5.17. The van der Waals surface area contributed by atoms with Crippen LogP contribution in [0.5, 0.6) is 0 Å². The first-order valence-corrected chi connectivity index (χ1v) is 6.37. The fraction of sp³-hybridized carbons (Fsp3) is 0.357. The monoisotopic (exact) mass is 259 g/mol. The topological polar surface area (TPSA) is 75.1 Å². The van der Waals surface area contributed by atoms with Gasteiger partial charge < -0.3 is 10.4 Å². The Balaban J connectivity index is 2.05. The molecule has 5 nitrogen and oxygen atoms in total. The van der Waals surface area contributed by atoms with E-state index in [1.54, 1.807) is 30.6 Å². The molecule has 1 aromatic carbocycles. The second kappa shape index (κ2) is 6.24. The van der Waals surface area contributed by atoms with E-state index in [0.29, 0.717) is 17.5 Å². The van der Waals surface area contributed by atoms with Crippen LogP contribution in [0.4, 0.5) is 0 Å². The molecule has 2 rings (SSSR count). The summed E-state index contributed by atoms with van der Waals surface area (Å²) >= 11 is 0. The molecule has 0 saturated carbocycles. The van der Waals surface area contributed by atoms with Gasteiger partial charge in [-0.15, -0.1) is 0 Å². The molecule has 0 aliphatic rings. The molecule has 1 atom stereocenters. The number of aromatic nitrogens is 2. The lowest BCUT2D eigenvalue weighted by Gasteiger charge is -2.10. The van der Waals surface area contributed by atoms with Crippen molar-refractivity contribution in [2.24, 2.45) is 0 Å². The molecular formula is C14H17N3O2. The second-order valence-electron chi connectivity index (χ2n) is 4.41. The number of benzene rings is 1. The number of carbonyl (C=O) groups is 1. The molecule has 0 spiro atoms. The van der Waals surface area contributed by atoms with Crippen LogP contribution in [0.1, 0.15) is 30.1 Å². The largest absolute Gasteiger partial charge is 0.391 e. The number of aliphatic hydroxyl groups is 1. The highest BCUT2D eigenvalue weighted by molar-refractivity contribution is 5.97. The van der Waals surface area contributed by atoms with Gasteiger partial charge in [-0.1, -0.05) is 13.3 Å². The van der Waals surface area contributed by atoms with Gasteiger partial charge in [0.25, 0.3) is 5.91 Å². The summed E-state index contributed by atoms with van der Waals surface area (Å²) in [7, 11) is 0. The number of fused-ring (bicyclic) bond motifs is 1. The summed E-state index contributed by atoms with van der Waals surface area (Å²) in [6.45, 7) is 2.26. The van der Waals surface area contributed by atoms with Crippen molar-refractivity contribution in [1.29, 1.82) is 0 Å². The summed E-state index contributed by atoms with van der Waals surface area (Å²) < 4.78 is 0. The first-order valence-electron chi connectivity index (χ1n) is 6.37. The Morgan fingerprint density at radius 1 is 1.32 bits per heavy atom. The van der Waals surface area contributed by atoms with Crippen molar-refractivity contribution < 1.29 is 9.90 Å². The van der Waals surface area contributed by atoms with Gasteiger partial charge in [0.2, 0.25) is 0 Å². The van der Waals surface area contributed by atoms with Crippen molar-refractivity contribution in [2.75, 3.05) is 6.54 Å². The number of carbonyl (C=O) groups excluding carboxylic acids is 1. The van der Waals surface area contributed by atoms with Crippen molar-refractivity contribution in [3.8, 4) is 0 Å². The van der Waals surface area contributed by atoms with Crippen LogP contribution in [0.3, 0.4) is 0 Å². The maximum absolute atomic E-state index is 11.9. The van der Waals surface area contributed by atoms with E-state index in [1.807, 2.05) is 6.92 Å². The fourth-order valence-electron chi connectivity index (χ4n) is 1.85. The van der Waals surface area contributed by atoms with Crippen LogP contribution in [0.15, 0.2) is 30.6 Å². The lowest BCUT2D eigenvalue weighted by molar-refractivity contribution is 0.0910. The van der Waals surface area contributed by atoms with Gasteiger partial charge in [-0.2, -0.15) is 0 Å². The quantitative estimate of drug-likeness (QED) is 0.853. The van der Waals surface area contributed by atoms with Gasteiger partial charge in [-0.05, 0) is 24.6 Å². The van der Waals surface area contributed by atoms with Crippen molar-refractivity contribution in [3.63, 3.8) is 0 Å². The number of hydrogen-bond acceptors (Lipinski definition) is 4. The highest BCUT2D eigenvalue weighted by Gasteiger charge is 2.09. The summed E-state index contributed by atoms with van der Waals surface area (Å²) in [5.41, 5.74) is 1.96. The Morgan fingerprint density at radius 3 is 2.79 bits per heavy atom. The molecule has 1 unspecified atom stereocenters. The molecule has 5 heteroatoms. The van der Waals surface area contributed by atoms with E-state index in [0.717, 1.165) is 11.9 Å². The van der Waals surface area contributed by atoms with Gasteiger partial charge in [-0.25, -0.2) is 0 Å². The Labute approximate surface area is 111 Å². The van der Waals surface area contributed by atoms with Crippen molar-refractivity contribution in [2.45, 2.75) is 25.9 Å². The average Bonchev–Trinajstić information content (AvgIpc) is 2.44. The van der Waals surface area contributed by atoms with Crippen LogP contribution < -0.4 is 5.32 Å². The molecule has 1 heterocycles. The highest BCUT2D eigenvalue weighted by atomic mass is 16.3. The van der Waals surface area contributed by atoms with Crippen LogP contribution in [0.2, 0.25) is 0 Å². The molecule has 100 valence electrons. The lowest BCUT2D eigenvalue weighted by Crippen LogP contribution is -2.31. The third kappa shape index (κ3) is 3.48. The number of nitrogens with zero attached hydrogens (tertiary/aromatic N) is 2. The third-order valence-corrected chi connectivity index (χ3v) is 2.85. The standard InChI is InChI=1S/C14H17N3O2/c1-2-3-11(18)9-17-14(19)10-4-5-12-13(8-10)16-7-6-15-12/h4-8,11,18H,2-3,9H2,1H3,(H,17,19). The summed E-state index contributed by atoms with van der Waals surface area (Å²) in [5, 5.41) is 12.3. The van der Waals surface area contributed by atoms with E-state index in [4.69, 9.17) is 0 Å². The van der Waals surface area contributed by atoms with Crippen molar-refractivity contribution >= 4 is 16.9 Å². The molecule has 19 heavy (non-hydrogen) atoms. The molecule has 1 amide bonds. The van der Waals surface area contributed by atoms with Crippen LogP contribution in [0, 0.1) is 0 Å². The minimum Gasteiger partial charge on any atom is -0.391 e. The molecule has 0 saturated heterocycles. The molecule has 0 aliphatic heterocycles. The lowest BCUT2D eigenvalue weighted by atomic mass is 10.1. The van der Waals surface area contributed by atoms with Gasteiger partial charge in [0.1, 0.15) is 0 Å². The zero-order chi connectivity index (χ0) is 13.7. The van der Waals surface area contributed by atoms with Crippen molar-refractivity contribution in [1.82, 2.24) is 15.3 Å². The molecule has 0 bridgehead atoms. The Kier molecular flexibility index (Phi) is 4.41. The van der Waals surface area contributed by atoms with E-state index in [1.165, 1.54) is 0 Å². The van der Waals surface area contributed by atoms with E-state index in [2.05, 4.69) is 15.3 Å². The van der Waals surface area contributed by atoms with E-state index >= 15 is 0 Å². The summed E-state index contributed by atoms with van der Waals surface area (Å²) in [5.74, 6) is -0.206. The van der Waals surface area contributed by atoms with Gasteiger partial charge >= 0.3 is 0 Å². The Hall–Kier alpha value is -2.01. The SMILES string of the molecule is CCCC(O)CNC(=O)c1ccc2nccnc2c1. The summed E-state index contributed by atoms with van der Waals surface area (Å²) in [6.07, 6.45) is 4.29. The first-order chi connectivity index (χ1) is 9.20. The predicted octanol–water partition coefficient (Wildman–Crippen LogP) is 1.52. The Bertz CT molecular complexity index is 571. The highest BCUT2D eigenvalue weighted by Crippen LogP contribution is 2.10. The third-order valence-electron chi connectivity index (χ3n) is 2.85. The average molecular weight is 259 g/mol. The zero-order valence-corrected chi connectivity index (χ0v) is 10.8. The molecule has 0 fully saturated rings. The van der Waals surface area contributed by atoms with E-state index in [9.17, 15) is 9.90 Å². The number of hydrogen-bond donors (Lipinski definition) is 2. The minimum absolute atomic E-state index is 0.206. The maximum atomic E-state index is 11.9. The Morgan fingerprint density at radius 2 is 2.05 bits per heavy atom. The normalized spacial score (nSPS) is 12.3. The van der Waals surface area contributed by atoms with E-state index < -0.39 is 6.10 Å². The molecule has 0 radical (unpaired) electrons. The van der Waals surface area contributed by atoms with Crippen LogP contribution in [-0.4, -0.2) is 33.6 Å². The smallest absolute Gasteiger partial charge is 0.251 e. The van der Waals surface area contributed by atoms with Gasteiger partial charge in [-0.3, -0.25) is 14.8 Å². The van der Waals surface area contributed by atoms with Gasteiger partial charge in [0.05, 0.1) is 17.1 Å². The number of amides is 1. The first kappa shape index (κ1) is 13.4. The van der Waals surface area contributed by atoms with E-state index in [-0.39, 0.29) is 12.5 Å². The maximum Gasteiger partial charge on any atom is 0.251 e.